The summed E-state index contributed by atoms with van der Waals surface area (Å²) in [6, 6.07) is 3.61. The molecule has 0 bridgehead atoms. The third-order valence-electron chi connectivity index (χ3n) is 2.22. The highest BCUT2D eigenvalue weighted by molar-refractivity contribution is 6.32. The molecule has 4 heteroatoms. The third kappa shape index (κ3) is 2.76. The Morgan fingerprint density at radius 1 is 1.27 bits per heavy atom. The van der Waals surface area contributed by atoms with Crippen LogP contribution in [0.2, 0.25) is 5.02 Å². The van der Waals surface area contributed by atoms with E-state index in [0.29, 0.717) is 17.3 Å². The van der Waals surface area contributed by atoms with Gasteiger partial charge in [-0.05, 0) is 31.5 Å². The quantitative estimate of drug-likeness (QED) is 0.842. The van der Waals surface area contributed by atoms with Crippen LogP contribution in [0.1, 0.15) is 12.0 Å². The normalized spacial score (nSPS) is 10.1. The minimum absolute atomic E-state index is 0.602. The summed E-state index contributed by atoms with van der Waals surface area (Å²) >= 11 is 6.03. The second-order valence-electron chi connectivity index (χ2n) is 3.15. The Bertz CT molecular complexity index is 329. The molecule has 0 aliphatic rings. The topological polar surface area (TPSA) is 44.5 Å². The van der Waals surface area contributed by atoms with Gasteiger partial charge in [-0.15, -0.1) is 0 Å². The van der Waals surface area contributed by atoms with Crippen molar-refractivity contribution >= 4 is 11.6 Å². The van der Waals surface area contributed by atoms with Gasteiger partial charge in [0.05, 0.1) is 19.2 Å². The van der Waals surface area contributed by atoms with Crippen molar-refractivity contribution in [2.45, 2.75) is 12.8 Å². The summed E-state index contributed by atoms with van der Waals surface area (Å²) in [6.07, 6.45) is 1.69. The van der Waals surface area contributed by atoms with Crippen LogP contribution in [0.5, 0.6) is 11.5 Å². The van der Waals surface area contributed by atoms with E-state index in [1.165, 1.54) is 0 Å². The summed E-state index contributed by atoms with van der Waals surface area (Å²) in [6.45, 7) is 0.638. The molecule has 1 aromatic carbocycles. The van der Waals surface area contributed by atoms with Crippen molar-refractivity contribution in [2.24, 2.45) is 5.73 Å². The second kappa shape index (κ2) is 5.83. The summed E-state index contributed by atoms with van der Waals surface area (Å²) in [4.78, 5) is 0. The molecule has 0 saturated carbocycles. The molecular weight excluding hydrogens is 214 g/mol. The lowest BCUT2D eigenvalue weighted by Gasteiger charge is -2.13. The molecule has 1 rings (SSSR count). The van der Waals surface area contributed by atoms with E-state index in [-0.39, 0.29) is 0 Å². The van der Waals surface area contributed by atoms with Gasteiger partial charge in [-0.25, -0.2) is 0 Å². The van der Waals surface area contributed by atoms with Gasteiger partial charge in [-0.1, -0.05) is 11.6 Å². The molecule has 0 aliphatic heterocycles. The standard InChI is InChI=1S/C11H16ClNO2/c1-14-10-6-5-9(12)11(15-2)8(10)4-3-7-13/h5-6H,3-4,7,13H2,1-2H3. The number of hydrogen-bond acceptors (Lipinski definition) is 3. The van der Waals surface area contributed by atoms with Crippen molar-refractivity contribution in [3.63, 3.8) is 0 Å². The molecule has 0 aromatic heterocycles. The van der Waals surface area contributed by atoms with Gasteiger partial charge in [0.15, 0.2) is 0 Å². The first kappa shape index (κ1) is 12.1. The summed E-state index contributed by atoms with van der Waals surface area (Å²) in [7, 11) is 3.24. The predicted molar refractivity (Wildman–Crippen MR) is 61.9 cm³/mol. The van der Waals surface area contributed by atoms with Crippen LogP contribution in [0.3, 0.4) is 0 Å². The molecule has 0 atom stereocenters. The highest BCUT2D eigenvalue weighted by Crippen LogP contribution is 2.35. The molecule has 0 amide bonds. The average Bonchev–Trinajstić information content (AvgIpc) is 2.26. The van der Waals surface area contributed by atoms with Gasteiger partial charge < -0.3 is 15.2 Å². The summed E-state index contributed by atoms with van der Waals surface area (Å²) in [5.41, 5.74) is 6.47. The van der Waals surface area contributed by atoms with E-state index >= 15 is 0 Å². The van der Waals surface area contributed by atoms with Crippen molar-refractivity contribution in [3.8, 4) is 11.5 Å². The van der Waals surface area contributed by atoms with Gasteiger partial charge in [0.2, 0.25) is 0 Å². The zero-order chi connectivity index (χ0) is 11.3. The zero-order valence-corrected chi connectivity index (χ0v) is 9.80. The van der Waals surface area contributed by atoms with Crippen molar-refractivity contribution < 1.29 is 9.47 Å². The van der Waals surface area contributed by atoms with Crippen LogP contribution in [0.15, 0.2) is 12.1 Å². The first-order valence-corrected chi connectivity index (χ1v) is 5.21. The Labute approximate surface area is 95.1 Å². The van der Waals surface area contributed by atoms with Gasteiger partial charge in [0.25, 0.3) is 0 Å². The second-order valence-corrected chi connectivity index (χ2v) is 3.56. The van der Waals surface area contributed by atoms with Crippen LogP contribution in [0.4, 0.5) is 0 Å². The molecule has 3 nitrogen and oxygen atoms in total. The van der Waals surface area contributed by atoms with Crippen molar-refractivity contribution in [1.29, 1.82) is 0 Å². The molecule has 15 heavy (non-hydrogen) atoms. The first-order chi connectivity index (χ1) is 7.24. The van der Waals surface area contributed by atoms with Gasteiger partial charge in [0, 0.05) is 5.56 Å². The van der Waals surface area contributed by atoms with Gasteiger partial charge in [-0.2, -0.15) is 0 Å². The molecule has 0 heterocycles. The first-order valence-electron chi connectivity index (χ1n) is 4.84. The minimum Gasteiger partial charge on any atom is -0.496 e. The lowest BCUT2D eigenvalue weighted by molar-refractivity contribution is 0.385. The van der Waals surface area contributed by atoms with E-state index in [1.54, 1.807) is 20.3 Å². The molecule has 0 spiro atoms. The van der Waals surface area contributed by atoms with Crippen LogP contribution in [0.25, 0.3) is 0 Å². The summed E-state index contributed by atoms with van der Waals surface area (Å²) < 4.78 is 10.5. The molecule has 1 aromatic rings. The van der Waals surface area contributed by atoms with Crippen LogP contribution in [-0.2, 0) is 6.42 Å². The lowest BCUT2D eigenvalue weighted by Crippen LogP contribution is -2.03. The fourth-order valence-electron chi connectivity index (χ4n) is 1.51. The van der Waals surface area contributed by atoms with E-state index < -0.39 is 0 Å². The highest BCUT2D eigenvalue weighted by Gasteiger charge is 2.12. The van der Waals surface area contributed by atoms with Gasteiger partial charge in [-0.3, -0.25) is 0 Å². The average molecular weight is 230 g/mol. The summed E-state index contributed by atoms with van der Waals surface area (Å²) in [5.74, 6) is 1.48. The summed E-state index contributed by atoms with van der Waals surface area (Å²) in [5, 5.41) is 0.602. The van der Waals surface area contributed by atoms with Crippen LogP contribution < -0.4 is 15.2 Å². The third-order valence-corrected chi connectivity index (χ3v) is 2.52. The minimum atomic E-state index is 0.602. The van der Waals surface area contributed by atoms with Crippen molar-refractivity contribution in [3.05, 3.63) is 22.7 Å². The van der Waals surface area contributed by atoms with E-state index in [1.807, 2.05) is 6.07 Å². The Morgan fingerprint density at radius 2 is 2.00 bits per heavy atom. The SMILES string of the molecule is COc1ccc(Cl)c(OC)c1CCCN. The molecule has 0 saturated heterocycles. The maximum absolute atomic E-state index is 6.03. The van der Waals surface area contributed by atoms with Crippen LogP contribution in [0, 0.1) is 0 Å². The molecule has 2 N–H and O–H groups in total. The molecule has 0 aliphatic carbocycles. The predicted octanol–water partition coefficient (Wildman–Crippen LogP) is 2.25. The number of ether oxygens (including phenoxy) is 2. The highest BCUT2D eigenvalue weighted by atomic mass is 35.5. The van der Waals surface area contributed by atoms with Crippen LogP contribution in [-0.4, -0.2) is 20.8 Å². The molecule has 0 fully saturated rings. The smallest absolute Gasteiger partial charge is 0.144 e. The van der Waals surface area contributed by atoms with E-state index in [9.17, 15) is 0 Å². The van der Waals surface area contributed by atoms with E-state index in [2.05, 4.69) is 0 Å². The Kier molecular flexibility index (Phi) is 4.72. The van der Waals surface area contributed by atoms with E-state index in [4.69, 9.17) is 26.8 Å². The molecule has 0 radical (unpaired) electrons. The zero-order valence-electron chi connectivity index (χ0n) is 9.05. The Morgan fingerprint density at radius 3 is 2.53 bits per heavy atom. The molecule has 84 valence electrons. The van der Waals surface area contributed by atoms with Crippen molar-refractivity contribution in [2.75, 3.05) is 20.8 Å². The van der Waals surface area contributed by atoms with Crippen LogP contribution >= 0.6 is 11.6 Å². The fourth-order valence-corrected chi connectivity index (χ4v) is 1.76. The fraction of sp³-hybridized carbons (Fsp3) is 0.455. The maximum atomic E-state index is 6.03. The number of benzene rings is 1. The number of hydrogen-bond donors (Lipinski definition) is 1. The number of halogens is 1. The largest absolute Gasteiger partial charge is 0.496 e. The maximum Gasteiger partial charge on any atom is 0.144 e. The Balaban J connectivity index is 3.09. The van der Waals surface area contributed by atoms with Gasteiger partial charge >= 0.3 is 0 Å². The molecular formula is C11H16ClNO2. The Hall–Kier alpha value is -0.930. The van der Waals surface area contributed by atoms with Crippen molar-refractivity contribution in [1.82, 2.24) is 0 Å². The number of nitrogens with two attached hydrogens (primary N) is 1. The van der Waals surface area contributed by atoms with E-state index in [0.717, 1.165) is 24.2 Å². The molecule has 0 unspecified atom stereocenters. The number of rotatable bonds is 5. The number of methoxy groups -OCH3 is 2. The monoisotopic (exact) mass is 229 g/mol. The van der Waals surface area contributed by atoms with Gasteiger partial charge in [0.1, 0.15) is 11.5 Å². The lowest BCUT2D eigenvalue weighted by atomic mass is 10.1.